The molecule has 0 atom stereocenters. The predicted molar refractivity (Wildman–Crippen MR) is 87.0 cm³/mol. The number of hydrogen-bond donors (Lipinski definition) is 1. The van der Waals surface area contributed by atoms with Crippen LogP contribution in [0.4, 0.5) is 5.95 Å². The van der Waals surface area contributed by atoms with Gasteiger partial charge in [-0.05, 0) is 50.6 Å². The van der Waals surface area contributed by atoms with Crippen molar-refractivity contribution in [3.8, 4) is 0 Å². The van der Waals surface area contributed by atoms with Gasteiger partial charge in [0.2, 0.25) is 11.9 Å². The molecule has 21 heavy (non-hydrogen) atoms. The van der Waals surface area contributed by atoms with Gasteiger partial charge in [-0.2, -0.15) is 0 Å². The van der Waals surface area contributed by atoms with Crippen molar-refractivity contribution in [1.29, 1.82) is 0 Å². The lowest BCUT2D eigenvalue weighted by Gasteiger charge is -2.08. The minimum absolute atomic E-state index is 0.127. The van der Waals surface area contributed by atoms with Crippen LogP contribution in [-0.2, 0) is 4.79 Å². The van der Waals surface area contributed by atoms with Gasteiger partial charge >= 0.3 is 0 Å². The maximum Gasteiger partial charge on any atom is 0.237 e. The van der Waals surface area contributed by atoms with Crippen molar-refractivity contribution in [2.45, 2.75) is 25.7 Å². The minimum atomic E-state index is -0.127. The van der Waals surface area contributed by atoms with Gasteiger partial charge in [-0.3, -0.25) is 10.1 Å². The largest absolute Gasteiger partial charge is 0.294 e. The van der Waals surface area contributed by atoms with Crippen LogP contribution in [0.3, 0.4) is 0 Å². The number of halogens is 1. The summed E-state index contributed by atoms with van der Waals surface area (Å²) in [6.07, 6.45) is 0. The van der Waals surface area contributed by atoms with Crippen LogP contribution < -0.4 is 5.32 Å². The van der Waals surface area contributed by atoms with Crippen LogP contribution in [0.15, 0.2) is 29.2 Å². The van der Waals surface area contributed by atoms with Crippen LogP contribution in [0, 0.1) is 20.8 Å². The van der Waals surface area contributed by atoms with E-state index in [-0.39, 0.29) is 5.91 Å². The van der Waals surface area contributed by atoms with Gasteiger partial charge in [-0.1, -0.05) is 11.6 Å². The van der Waals surface area contributed by atoms with Gasteiger partial charge in [0.25, 0.3) is 0 Å². The Kier molecular flexibility index (Phi) is 5.20. The zero-order chi connectivity index (χ0) is 15.4. The Hall–Kier alpha value is -1.59. The van der Waals surface area contributed by atoms with Gasteiger partial charge in [0.15, 0.2) is 0 Å². The van der Waals surface area contributed by atoms with E-state index < -0.39 is 0 Å². The monoisotopic (exact) mass is 321 g/mol. The zero-order valence-electron chi connectivity index (χ0n) is 12.1. The van der Waals surface area contributed by atoms with E-state index in [0.29, 0.717) is 16.7 Å². The number of thioether (sulfide) groups is 1. The van der Waals surface area contributed by atoms with Gasteiger partial charge in [-0.15, -0.1) is 11.8 Å². The van der Waals surface area contributed by atoms with Crippen molar-refractivity contribution in [3.05, 3.63) is 46.2 Å². The summed E-state index contributed by atoms with van der Waals surface area (Å²) < 4.78 is 0. The number of carbonyl (C=O) groups is 1. The van der Waals surface area contributed by atoms with Crippen molar-refractivity contribution in [2.75, 3.05) is 11.1 Å². The molecular weight excluding hydrogens is 306 g/mol. The molecule has 0 aliphatic carbocycles. The minimum Gasteiger partial charge on any atom is -0.294 e. The molecular formula is C15H16ClN3OS. The fourth-order valence-electron chi connectivity index (χ4n) is 1.67. The molecule has 0 bridgehead atoms. The summed E-state index contributed by atoms with van der Waals surface area (Å²) in [4.78, 5) is 21.5. The highest BCUT2D eigenvalue weighted by molar-refractivity contribution is 8.00. The van der Waals surface area contributed by atoms with E-state index in [9.17, 15) is 4.79 Å². The smallest absolute Gasteiger partial charge is 0.237 e. The second-order valence-electron chi connectivity index (χ2n) is 4.63. The van der Waals surface area contributed by atoms with E-state index >= 15 is 0 Å². The van der Waals surface area contributed by atoms with Gasteiger partial charge in [0.1, 0.15) is 0 Å². The Bertz CT molecular complexity index is 635. The van der Waals surface area contributed by atoms with E-state index in [0.717, 1.165) is 21.8 Å². The fraction of sp³-hybridized carbons (Fsp3) is 0.267. The first-order valence-electron chi connectivity index (χ1n) is 6.46. The summed E-state index contributed by atoms with van der Waals surface area (Å²) in [5.74, 6) is 0.534. The third-order valence-corrected chi connectivity index (χ3v) is 4.33. The molecule has 1 aromatic carbocycles. The van der Waals surface area contributed by atoms with Crippen molar-refractivity contribution >= 4 is 35.2 Å². The molecule has 0 radical (unpaired) electrons. The predicted octanol–water partition coefficient (Wildman–Crippen LogP) is 3.79. The first-order chi connectivity index (χ1) is 9.95. The topological polar surface area (TPSA) is 54.9 Å². The zero-order valence-corrected chi connectivity index (χ0v) is 13.7. The molecule has 1 aromatic heterocycles. The van der Waals surface area contributed by atoms with Crippen LogP contribution in [0.5, 0.6) is 0 Å². The molecule has 110 valence electrons. The van der Waals surface area contributed by atoms with E-state index in [1.807, 2.05) is 32.9 Å². The second-order valence-corrected chi connectivity index (χ2v) is 6.12. The lowest BCUT2D eigenvalue weighted by atomic mass is 10.2. The third kappa shape index (κ3) is 4.44. The van der Waals surface area contributed by atoms with Crippen molar-refractivity contribution in [2.24, 2.45) is 0 Å². The van der Waals surface area contributed by atoms with Crippen molar-refractivity contribution < 1.29 is 4.79 Å². The molecule has 2 aromatic rings. The van der Waals surface area contributed by atoms with Crippen LogP contribution in [0.2, 0.25) is 5.02 Å². The molecule has 1 amide bonds. The number of anilines is 1. The maximum absolute atomic E-state index is 11.9. The standard InChI is InChI=1S/C15H16ClN3OS/c1-9-10(2)17-15(18-11(9)3)19-14(20)8-21-13-6-4-12(16)5-7-13/h4-7H,8H2,1-3H3,(H,17,18,19,20). The third-order valence-electron chi connectivity index (χ3n) is 3.07. The van der Waals surface area contributed by atoms with E-state index in [2.05, 4.69) is 15.3 Å². The highest BCUT2D eigenvalue weighted by Crippen LogP contribution is 2.20. The van der Waals surface area contributed by atoms with E-state index in [1.165, 1.54) is 11.8 Å². The Morgan fingerprint density at radius 3 is 2.29 bits per heavy atom. The molecule has 6 heteroatoms. The molecule has 0 aliphatic heterocycles. The molecule has 0 spiro atoms. The van der Waals surface area contributed by atoms with Gasteiger partial charge in [-0.25, -0.2) is 9.97 Å². The summed E-state index contributed by atoms with van der Waals surface area (Å²) >= 11 is 7.26. The highest BCUT2D eigenvalue weighted by atomic mass is 35.5. The average molecular weight is 322 g/mol. The average Bonchev–Trinajstić information content (AvgIpc) is 2.44. The number of aromatic nitrogens is 2. The van der Waals surface area contributed by atoms with Crippen molar-refractivity contribution in [1.82, 2.24) is 9.97 Å². The number of hydrogen-bond acceptors (Lipinski definition) is 4. The van der Waals surface area contributed by atoms with E-state index in [1.54, 1.807) is 12.1 Å². The normalized spacial score (nSPS) is 10.5. The molecule has 2 rings (SSSR count). The lowest BCUT2D eigenvalue weighted by Crippen LogP contribution is -2.17. The Balaban J connectivity index is 1.94. The molecule has 1 N–H and O–H groups in total. The maximum atomic E-state index is 11.9. The summed E-state index contributed by atoms with van der Waals surface area (Å²) in [5.41, 5.74) is 2.80. The molecule has 0 fully saturated rings. The first-order valence-corrected chi connectivity index (χ1v) is 7.82. The van der Waals surface area contributed by atoms with Crippen LogP contribution in [0.1, 0.15) is 17.0 Å². The van der Waals surface area contributed by atoms with Gasteiger partial charge in [0, 0.05) is 21.3 Å². The highest BCUT2D eigenvalue weighted by Gasteiger charge is 2.08. The number of nitrogens with zero attached hydrogens (tertiary/aromatic N) is 2. The summed E-state index contributed by atoms with van der Waals surface area (Å²) in [6, 6.07) is 7.38. The van der Waals surface area contributed by atoms with Crippen LogP contribution in [-0.4, -0.2) is 21.6 Å². The Labute approximate surface area is 133 Å². The number of nitrogens with one attached hydrogen (secondary N) is 1. The van der Waals surface area contributed by atoms with Gasteiger partial charge in [0.05, 0.1) is 5.75 Å². The number of amides is 1. The van der Waals surface area contributed by atoms with Crippen LogP contribution in [0.25, 0.3) is 0 Å². The molecule has 0 unspecified atom stereocenters. The molecule has 0 saturated carbocycles. The number of carbonyl (C=O) groups excluding carboxylic acids is 1. The molecule has 4 nitrogen and oxygen atoms in total. The van der Waals surface area contributed by atoms with Gasteiger partial charge < -0.3 is 0 Å². The van der Waals surface area contributed by atoms with E-state index in [4.69, 9.17) is 11.6 Å². The summed E-state index contributed by atoms with van der Waals surface area (Å²) in [6.45, 7) is 5.77. The molecule has 0 aliphatic rings. The quantitative estimate of drug-likeness (QED) is 0.871. The Morgan fingerprint density at radius 2 is 1.71 bits per heavy atom. The SMILES string of the molecule is Cc1nc(NC(=O)CSc2ccc(Cl)cc2)nc(C)c1C. The Morgan fingerprint density at radius 1 is 1.14 bits per heavy atom. The fourth-order valence-corrected chi connectivity index (χ4v) is 2.49. The van der Waals surface area contributed by atoms with Crippen LogP contribution >= 0.6 is 23.4 Å². The number of benzene rings is 1. The lowest BCUT2D eigenvalue weighted by molar-refractivity contribution is -0.113. The summed E-state index contributed by atoms with van der Waals surface area (Å²) in [7, 11) is 0. The summed E-state index contributed by atoms with van der Waals surface area (Å²) in [5, 5.41) is 3.41. The molecule has 1 heterocycles. The first kappa shape index (κ1) is 15.8. The number of aryl methyl sites for hydroxylation is 2. The molecule has 0 saturated heterocycles. The number of rotatable bonds is 4. The van der Waals surface area contributed by atoms with Crippen molar-refractivity contribution in [3.63, 3.8) is 0 Å². The second kappa shape index (κ2) is 6.91.